The summed E-state index contributed by atoms with van der Waals surface area (Å²) < 4.78 is 0. The summed E-state index contributed by atoms with van der Waals surface area (Å²) in [7, 11) is 0. The van der Waals surface area contributed by atoms with Gasteiger partial charge in [-0.1, -0.05) is 23.2 Å². The minimum atomic E-state index is 0.183. The van der Waals surface area contributed by atoms with Crippen LogP contribution >= 0.6 is 46.7 Å². The third-order valence-corrected chi connectivity index (χ3v) is 4.54. The van der Waals surface area contributed by atoms with Crippen molar-refractivity contribution in [2.24, 2.45) is 0 Å². The van der Waals surface area contributed by atoms with E-state index in [0.717, 1.165) is 0 Å². The van der Waals surface area contributed by atoms with Crippen LogP contribution in [0.15, 0.2) is 9.79 Å². The smallest absolute Gasteiger partial charge is 0.102 e. The first kappa shape index (κ1) is 13.5. The fourth-order valence-electron chi connectivity index (χ4n) is 1.23. The van der Waals surface area contributed by atoms with E-state index in [1.165, 1.54) is 23.5 Å². The average molecular weight is 289 g/mol. The summed E-state index contributed by atoms with van der Waals surface area (Å²) in [5.74, 6) is 0. The molecule has 1 rings (SSSR count). The van der Waals surface area contributed by atoms with Crippen LogP contribution in [0.5, 0.6) is 0 Å². The lowest BCUT2D eigenvalue weighted by Gasteiger charge is -2.11. The van der Waals surface area contributed by atoms with E-state index >= 15 is 0 Å². The van der Waals surface area contributed by atoms with Crippen LogP contribution in [0.2, 0.25) is 10.0 Å². The Morgan fingerprint density at radius 1 is 0.875 bits per heavy atom. The molecule has 0 amide bonds. The molecule has 16 heavy (non-hydrogen) atoms. The highest BCUT2D eigenvalue weighted by atomic mass is 35.5. The Labute approximate surface area is 113 Å². The second kappa shape index (κ2) is 5.70. The SMILES string of the molecule is CSc1c(Cl)c(SC)c(C#N)c(Cl)c1C#N. The zero-order valence-corrected chi connectivity index (χ0v) is 11.6. The van der Waals surface area contributed by atoms with Crippen LogP contribution in [-0.4, -0.2) is 12.5 Å². The molecule has 0 N–H and O–H groups in total. The monoisotopic (exact) mass is 288 g/mol. The van der Waals surface area contributed by atoms with Crippen molar-refractivity contribution in [2.45, 2.75) is 9.79 Å². The van der Waals surface area contributed by atoms with Crippen molar-refractivity contribution < 1.29 is 0 Å². The molecule has 0 fully saturated rings. The van der Waals surface area contributed by atoms with Crippen molar-refractivity contribution in [2.75, 3.05) is 12.5 Å². The molecule has 0 aliphatic carbocycles. The fourth-order valence-corrected chi connectivity index (χ4v) is 3.60. The summed E-state index contributed by atoms with van der Waals surface area (Å²) in [5, 5.41) is 18.6. The van der Waals surface area contributed by atoms with E-state index in [1.807, 2.05) is 24.6 Å². The molecule has 0 spiro atoms. The molecule has 82 valence electrons. The molecule has 0 radical (unpaired) electrons. The van der Waals surface area contributed by atoms with Gasteiger partial charge in [-0.15, -0.1) is 23.5 Å². The summed E-state index contributed by atoms with van der Waals surface area (Å²) in [6.07, 6.45) is 3.63. The average Bonchev–Trinajstić information content (AvgIpc) is 2.30. The van der Waals surface area contributed by atoms with E-state index in [-0.39, 0.29) is 16.1 Å². The molecule has 0 unspecified atom stereocenters. The van der Waals surface area contributed by atoms with E-state index in [9.17, 15) is 0 Å². The van der Waals surface area contributed by atoms with Crippen LogP contribution in [0, 0.1) is 22.7 Å². The van der Waals surface area contributed by atoms with Gasteiger partial charge in [0.2, 0.25) is 0 Å². The molecular weight excluding hydrogens is 283 g/mol. The number of halogens is 2. The maximum atomic E-state index is 9.02. The summed E-state index contributed by atoms with van der Waals surface area (Å²) in [4.78, 5) is 1.25. The predicted molar refractivity (Wildman–Crippen MR) is 69.5 cm³/mol. The van der Waals surface area contributed by atoms with Gasteiger partial charge >= 0.3 is 0 Å². The van der Waals surface area contributed by atoms with Gasteiger partial charge in [-0.2, -0.15) is 10.5 Å². The van der Waals surface area contributed by atoms with Crippen LogP contribution < -0.4 is 0 Å². The second-order valence-electron chi connectivity index (χ2n) is 2.67. The van der Waals surface area contributed by atoms with E-state index < -0.39 is 0 Å². The first-order valence-corrected chi connectivity index (χ1v) is 7.26. The summed E-state index contributed by atoms with van der Waals surface area (Å²) in [6, 6.07) is 3.97. The van der Waals surface area contributed by atoms with Crippen LogP contribution in [0.25, 0.3) is 0 Å². The van der Waals surface area contributed by atoms with Gasteiger partial charge in [0.15, 0.2) is 0 Å². The molecule has 1 aromatic carbocycles. The van der Waals surface area contributed by atoms with Crippen LogP contribution in [-0.2, 0) is 0 Å². The molecule has 2 nitrogen and oxygen atoms in total. The Hall–Kier alpha value is -0.520. The van der Waals surface area contributed by atoms with Crippen molar-refractivity contribution in [3.63, 3.8) is 0 Å². The predicted octanol–water partition coefficient (Wildman–Crippen LogP) is 4.18. The van der Waals surface area contributed by atoms with E-state index in [0.29, 0.717) is 14.8 Å². The normalized spacial score (nSPS) is 9.62. The molecule has 0 saturated heterocycles. The summed E-state index contributed by atoms with van der Waals surface area (Å²) in [5.41, 5.74) is 0.544. The number of hydrogen-bond donors (Lipinski definition) is 0. The highest BCUT2D eigenvalue weighted by Gasteiger charge is 2.21. The van der Waals surface area contributed by atoms with Gasteiger partial charge in [-0.3, -0.25) is 0 Å². The van der Waals surface area contributed by atoms with Crippen LogP contribution in [0.3, 0.4) is 0 Å². The number of nitriles is 2. The third-order valence-electron chi connectivity index (χ3n) is 1.92. The van der Waals surface area contributed by atoms with Gasteiger partial charge in [-0.05, 0) is 12.5 Å². The molecule has 1 aromatic rings. The fraction of sp³-hybridized carbons (Fsp3) is 0.200. The first-order chi connectivity index (χ1) is 7.62. The summed E-state index contributed by atoms with van der Waals surface area (Å²) >= 11 is 14.9. The Bertz CT molecular complexity index is 465. The van der Waals surface area contributed by atoms with Gasteiger partial charge in [0.25, 0.3) is 0 Å². The standard InChI is InChI=1S/C10H6Cl2N2S2/c1-15-9-5(3-13)7(11)6(4-14)10(16-2)8(9)12/h1-2H3. The van der Waals surface area contributed by atoms with Gasteiger partial charge in [-0.25, -0.2) is 0 Å². The molecule has 0 aliphatic rings. The quantitative estimate of drug-likeness (QED) is 0.766. The van der Waals surface area contributed by atoms with E-state index in [1.54, 1.807) is 0 Å². The van der Waals surface area contributed by atoms with E-state index in [4.69, 9.17) is 33.7 Å². The zero-order chi connectivity index (χ0) is 12.3. The van der Waals surface area contributed by atoms with Gasteiger partial charge < -0.3 is 0 Å². The van der Waals surface area contributed by atoms with Crippen molar-refractivity contribution >= 4 is 46.7 Å². The molecule has 0 atom stereocenters. The first-order valence-electron chi connectivity index (χ1n) is 4.05. The number of hydrogen-bond acceptors (Lipinski definition) is 4. The highest BCUT2D eigenvalue weighted by Crippen LogP contribution is 2.42. The van der Waals surface area contributed by atoms with Gasteiger partial charge in [0, 0.05) is 9.79 Å². The van der Waals surface area contributed by atoms with Crippen molar-refractivity contribution in [3.05, 3.63) is 21.2 Å². The number of thioether (sulfide) groups is 2. The summed E-state index contributed by atoms with van der Waals surface area (Å²) in [6.45, 7) is 0. The highest BCUT2D eigenvalue weighted by molar-refractivity contribution is 7.99. The lowest BCUT2D eigenvalue weighted by molar-refractivity contribution is 1.25. The van der Waals surface area contributed by atoms with Gasteiger partial charge in [0.1, 0.15) is 12.1 Å². The lowest BCUT2D eigenvalue weighted by atomic mass is 10.1. The Balaban J connectivity index is 3.78. The Kier molecular flexibility index (Phi) is 4.83. The Morgan fingerprint density at radius 2 is 1.25 bits per heavy atom. The molecule has 6 heteroatoms. The topological polar surface area (TPSA) is 47.6 Å². The van der Waals surface area contributed by atoms with Crippen LogP contribution in [0.1, 0.15) is 11.1 Å². The lowest BCUT2D eigenvalue weighted by Crippen LogP contribution is -1.93. The molecule has 0 aliphatic heterocycles. The molecular formula is C10H6Cl2N2S2. The second-order valence-corrected chi connectivity index (χ2v) is 5.06. The number of rotatable bonds is 2. The number of nitrogens with zero attached hydrogens (tertiary/aromatic N) is 2. The zero-order valence-electron chi connectivity index (χ0n) is 8.47. The van der Waals surface area contributed by atoms with Crippen molar-refractivity contribution in [1.29, 1.82) is 10.5 Å². The molecule has 0 heterocycles. The molecule has 0 bridgehead atoms. The molecule has 0 aromatic heterocycles. The molecule has 0 saturated carbocycles. The van der Waals surface area contributed by atoms with Crippen molar-refractivity contribution in [3.8, 4) is 12.1 Å². The maximum absolute atomic E-state index is 9.02. The van der Waals surface area contributed by atoms with Gasteiger partial charge in [0.05, 0.1) is 21.2 Å². The van der Waals surface area contributed by atoms with E-state index in [2.05, 4.69) is 0 Å². The minimum absolute atomic E-state index is 0.183. The maximum Gasteiger partial charge on any atom is 0.102 e. The number of benzene rings is 1. The van der Waals surface area contributed by atoms with Crippen LogP contribution in [0.4, 0.5) is 0 Å². The largest absolute Gasteiger partial charge is 0.192 e. The Morgan fingerprint density at radius 3 is 1.50 bits per heavy atom. The van der Waals surface area contributed by atoms with Crippen molar-refractivity contribution in [1.82, 2.24) is 0 Å². The third kappa shape index (κ3) is 2.12. The minimum Gasteiger partial charge on any atom is -0.192 e.